The molecule has 2 amide bonds. The number of hydrogen-bond acceptors (Lipinski definition) is 5. The Morgan fingerprint density at radius 1 is 0.894 bits per heavy atom. The molecule has 4 aromatic carbocycles. The van der Waals surface area contributed by atoms with Gasteiger partial charge in [0.25, 0.3) is 10.0 Å². The zero-order valence-corrected chi connectivity index (χ0v) is 28.4. The number of benzene rings is 4. The topological polar surface area (TPSA) is 96.0 Å². The van der Waals surface area contributed by atoms with Crippen LogP contribution in [0, 0.1) is 5.82 Å². The standard InChI is InChI=1S/C36H39ClFN3O5S/c1-5-46-31-18-16-30(17-19-31)41(47(44,45)32-20-14-29(38)15-21-32)25-34(42)40(24-27-12-9-13-28(37)22-27)33(35(43)39-36(2,3)4)23-26-10-7-6-8-11-26/h6-22,33H,5,23-25H2,1-4H3,(H,39,43)/t33-/m1/s1. The molecule has 0 heterocycles. The first-order valence-electron chi connectivity index (χ1n) is 15.2. The van der Waals surface area contributed by atoms with Crippen LogP contribution in [0.5, 0.6) is 5.75 Å². The fourth-order valence-corrected chi connectivity index (χ4v) is 6.60. The van der Waals surface area contributed by atoms with Crippen LogP contribution in [0.4, 0.5) is 10.1 Å². The highest BCUT2D eigenvalue weighted by Crippen LogP contribution is 2.27. The summed E-state index contributed by atoms with van der Waals surface area (Å²) in [7, 11) is -4.38. The fraction of sp³-hybridized carbons (Fsp3) is 0.278. The van der Waals surface area contributed by atoms with E-state index in [1.54, 1.807) is 36.4 Å². The molecule has 0 bridgehead atoms. The zero-order chi connectivity index (χ0) is 34.2. The van der Waals surface area contributed by atoms with E-state index in [1.165, 1.54) is 17.0 Å². The molecule has 0 aliphatic heterocycles. The summed E-state index contributed by atoms with van der Waals surface area (Å²) >= 11 is 6.30. The van der Waals surface area contributed by atoms with E-state index >= 15 is 0 Å². The number of rotatable bonds is 13. The minimum Gasteiger partial charge on any atom is -0.494 e. The van der Waals surface area contributed by atoms with E-state index < -0.39 is 45.8 Å². The molecule has 0 radical (unpaired) electrons. The van der Waals surface area contributed by atoms with Crippen molar-refractivity contribution in [3.63, 3.8) is 0 Å². The van der Waals surface area contributed by atoms with Gasteiger partial charge >= 0.3 is 0 Å². The molecule has 4 rings (SSSR count). The lowest BCUT2D eigenvalue weighted by Crippen LogP contribution is -2.56. The minimum absolute atomic E-state index is 0.0256. The molecule has 47 heavy (non-hydrogen) atoms. The summed E-state index contributed by atoms with van der Waals surface area (Å²) < 4.78 is 48.5. The summed E-state index contributed by atoms with van der Waals surface area (Å²) in [5.74, 6) is -1.11. The van der Waals surface area contributed by atoms with Crippen molar-refractivity contribution in [3.05, 3.63) is 125 Å². The molecule has 0 aliphatic rings. The second-order valence-electron chi connectivity index (χ2n) is 12.0. The first kappa shape index (κ1) is 35.4. The number of ether oxygens (including phenoxy) is 1. The molecule has 8 nitrogen and oxygen atoms in total. The Morgan fingerprint density at radius 3 is 2.13 bits per heavy atom. The molecule has 1 atom stereocenters. The molecule has 0 spiro atoms. The van der Waals surface area contributed by atoms with Crippen molar-refractivity contribution in [2.45, 2.75) is 57.1 Å². The molecule has 0 aromatic heterocycles. The van der Waals surface area contributed by atoms with Gasteiger partial charge in [-0.2, -0.15) is 0 Å². The normalized spacial score (nSPS) is 12.2. The van der Waals surface area contributed by atoms with Crippen LogP contribution in [0.2, 0.25) is 5.02 Å². The average molecular weight is 680 g/mol. The lowest BCUT2D eigenvalue weighted by atomic mass is 10.0. The second-order valence-corrected chi connectivity index (χ2v) is 14.3. The predicted molar refractivity (Wildman–Crippen MR) is 182 cm³/mol. The number of sulfonamides is 1. The van der Waals surface area contributed by atoms with Crippen molar-refractivity contribution in [3.8, 4) is 5.75 Å². The third-order valence-electron chi connectivity index (χ3n) is 7.13. The maximum absolute atomic E-state index is 14.5. The minimum atomic E-state index is -4.38. The Labute approximate surface area is 281 Å². The molecule has 0 aliphatic carbocycles. The molecular formula is C36H39ClFN3O5S. The molecule has 11 heteroatoms. The molecule has 0 saturated carbocycles. The van der Waals surface area contributed by atoms with Crippen LogP contribution >= 0.6 is 11.6 Å². The van der Waals surface area contributed by atoms with Gasteiger partial charge < -0.3 is 15.0 Å². The van der Waals surface area contributed by atoms with Gasteiger partial charge in [0, 0.05) is 23.5 Å². The Hall–Kier alpha value is -4.41. The van der Waals surface area contributed by atoms with Crippen molar-refractivity contribution < 1.29 is 27.1 Å². The van der Waals surface area contributed by atoms with Gasteiger partial charge in [-0.15, -0.1) is 0 Å². The largest absolute Gasteiger partial charge is 0.494 e. The van der Waals surface area contributed by atoms with Crippen molar-refractivity contribution in [1.29, 1.82) is 0 Å². The van der Waals surface area contributed by atoms with Gasteiger partial charge in [-0.1, -0.05) is 54.1 Å². The van der Waals surface area contributed by atoms with Gasteiger partial charge in [0.05, 0.1) is 17.2 Å². The van der Waals surface area contributed by atoms with Crippen LogP contribution in [-0.2, 0) is 32.6 Å². The second kappa shape index (κ2) is 15.5. The van der Waals surface area contributed by atoms with Gasteiger partial charge in [0.1, 0.15) is 24.2 Å². The summed E-state index contributed by atoms with van der Waals surface area (Å²) in [6, 6.07) is 25.9. The van der Waals surface area contributed by atoms with Crippen LogP contribution < -0.4 is 14.4 Å². The van der Waals surface area contributed by atoms with Crippen LogP contribution in [0.1, 0.15) is 38.8 Å². The average Bonchev–Trinajstić information content (AvgIpc) is 3.02. The Bertz CT molecular complexity index is 1760. The molecular weight excluding hydrogens is 641 g/mol. The van der Waals surface area contributed by atoms with Crippen molar-refractivity contribution in [2.24, 2.45) is 0 Å². The summed E-state index contributed by atoms with van der Waals surface area (Å²) in [6.07, 6.45) is 0.169. The van der Waals surface area contributed by atoms with Crippen LogP contribution in [-0.4, -0.2) is 49.9 Å². The Balaban J connectivity index is 1.82. The number of hydrogen-bond donors (Lipinski definition) is 1. The van der Waals surface area contributed by atoms with E-state index in [2.05, 4.69) is 5.32 Å². The summed E-state index contributed by atoms with van der Waals surface area (Å²) in [5.41, 5.74) is 1.04. The van der Waals surface area contributed by atoms with E-state index in [1.807, 2.05) is 58.0 Å². The van der Waals surface area contributed by atoms with Crippen molar-refractivity contribution >= 4 is 39.1 Å². The van der Waals surface area contributed by atoms with Crippen molar-refractivity contribution in [1.82, 2.24) is 10.2 Å². The number of halogens is 2. The lowest BCUT2D eigenvalue weighted by Gasteiger charge is -2.35. The highest BCUT2D eigenvalue weighted by Gasteiger charge is 2.35. The van der Waals surface area contributed by atoms with Gasteiger partial charge in [-0.25, -0.2) is 12.8 Å². The lowest BCUT2D eigenvalue weighted by molar-refractivity contribution is -0.140. The maximum atomic E-state index is 14.5. The predicted octanol–water partition coefficient (Wildman–Crippen LogP) is 6.63. The first-order chi connectivity index (χ1) is 22.3. The highest BCUT2D eigenvalue weighted by atomic mass is 35.5. The van der Waals surface area contributed by atoms with E-state index in [0.29, 0.717) is 22.9 Å². The molecule has 1 N–H and O–H groups in total. The fourth-order valence-electron chi connectivity index (χ4n) is 4.98. The zero-order valence-electron chi connectivity index (χ0n) is 26.8. The molecule has 0 unspecified atom stereocenters. The van der Waals surface area contributed by atoms with Crippen LogP contribution in [0.3, 0.4) is 0 Å². The number of nitrogens with one attached hydrogen (secondary N) is 1. The summed E-state index contributed by atoms with van der Waals surface area (Å²) in [5, 5.41) is 3.44. The number of carbonyl (C=O) groups is 2. The van der Waals surface area contributed by atoms with E-state index in [4.69, 9.17) is 16.3 Å². The number of amides is 2. The monoisotopic (exact) mass is 679 g/mol. The van der Waals surface area contributed by atoms with E-state index in [9.17, 15) is 22.4 Å². The van der Waals surface area contributed by atoms with Crippen molar-refractivity contribution in [2.75, 3.05) is 17.5 Å². The van der Waals surface area contributed by atoms with Crippen LogP contribution in [0.25, 0.3) is 0 Å². The number of nitrogens with zero attached hydrogens (tertiary/aromatic N) is 2. The van der Waals surface area contributed by atoms with Gasteiger partial charge in [0.2, 0.25) is 11.8 Å². The van der Waals surface area contributed by atoms with E-state index in [-0.39, 0.29) is 23.5 Å². The quantitative estimate of drug-likeness (QED) is 0.171. The first-order valence-corrected chi connectivity index (χ1v) is 17.0. The van der Waals surface area contributed by atoms with Gasteiger partial charge in [-0.3, -0.25) is 13.9 Å². The number of anilines is 1. The van der Waals surface area contributed by atoms with Crippen LogP contribution in [0.15, 0.2) is 108 Å². The summed E-state index contributed by atoms with van der Waals surface area (Å²) in [6.45, 7) is 7.09. The highest BCUT2D eigenvalue weighted by molar-refractivity contribution is 7.92. The smallest absolute Gasteiger partial charge is 0.264 e. The molecule has 248 valence electrons. The maximum Gasteiger partial charge on any atom is 0.264 e. The Morgan fingerprint density at radius 2 is 1.53 bits per heavy atom. The Kier molecular flexibility index (Phi) is 11.7. The molecule has 4 aromatic rings. The van der Waals surface area contributed by atoms with Gasteiger partial charge in [0.15, 0.2) is 0 Å². The SMILES string of the molecule is CCOc1ccc(N(CC(=O)N(Cc2cccc(Cl)c2)[C@H](Cc2ccccc2)C(=O)NC(C)(C)C)S(=O)(=O)c2ccc(F)cc2)cc1. The van der Waals surface area contributed by atoms with Gasteiger partial charge in [-0.05, 0) is 99.5 Å². The summed E-state index contributed by atoms with van der Waals surface area (Å²) in [4.78, 5) is 29.7. The third-order valence-corrected chi connectivity index (χ3v) is 9.15. The molecule has 0 saturated heterocycles. The number of carbonyl (C=O) groups excluding carboxylic acids is 2. The molecule has 0 fully saturated rings. The third kappa shape index (κ3) is 9.79. The van der Waals surface area contributed by atoms with E-state index in [0.717, 1.165) is 34.1 Å².